The van der Waals surface area contributed by atoms with Crippen molar-refractivity contribution in [1.29, 1.82) is 0 Å². The van der Waals surface area contributed by atoms with Crippen LogP contribution < -0.4 is 32.3 Å². The Morgan fingerprint density at radius 1 is 0.676 bits per heavy atom. The van der Waals surface area contributed by atoms with Crippen molar-refractivity contribution in [3.05, 3.63) is 103 Å². The Labute approximate surface area is 420 Å². The van der Waals surface area contributed by atoms with Gasteiger partial charge in [0.15, 0.2) is 0 Å². The zero-order valence-corrected chi connectivity index (χ0v) is 40.2. The lowest BCUT2D eigenvalue weighted by Crippen LogP contribution is -2.57. The van der Waals surface area contributed by atoms with Gasteiger partial charge in [0.2, 0.25) is 23.6 Å². The van der Waals surface area contributed by atoms with Crippen molar-refractivity contribution in [2.75, 3.05) is 52.4 Å². The summed E-state index contributed by atoms with van der Waals surface area (Å²) < 4.78 is 0. The summed E-state index contributed by atoms with van der Waals surface area (Å²) in [6, 6.07) is 10.4. The predicted octanol–water partition coefficient (Wildman–Crippen LogP) is 1.57. The summed E-state index contributed by atoms with van der Waals surface area (Å²) in [5, 5.41) is 46.5. The molecule has 4 aromatic rings. The van der Waals surface area contributed by atoms with E-state index >= 15 is 0 Å². The lowest BCUT2D eigenvalue weighted by molar-refractivity contribution is -0.384. The van der Waals surface area contributed by atoms with Crippen molar-refractivity contribution in [3.8, 4) is 0 Å². The van der Waals surface area contributed by atoms with E-state index in [9.17, 15) is 68.2 Å². The number of amides is 10. The summed E-state index contributed by atoms with van der Waals surface area (Å²) >= 11 is 0. The molecule has 0 bridgehead atoms. The van der Waals surface area contributed by atoms with Crippen LogP contribution in [0.4, 0.5) is 16.2 Å². The molecule has 0 aromatic heterocycles. The van der Waals surface area contributed by atoms with Crippen LogP contribution in [0.2, 0.25) is 0 Å². The number of nitrogens with zero attached hydrogens (tertiary/aromatic N) is 5. The van der Waals surface area contributed by atoms with Gasteiger partial charge in [-0.2, -0.15) is 0 Å². The second-order valence-electron chi connectivity index (χ2n) is 17.7. The standard InChI is InChI=1S/C48H53N11O15/c1-26(2)41(54-37(61)25-52-36(60)12-13-38(62)63)42(64)53-35(11-5-15-51-48(49)70)47(69)55(19-20-57-44(66)32-10-4-8-28-22-30(59(73)74)24-34(40(28)32)46(57)68)17-6-14-50-16-18-56-43(65)31-9-3-7-27-21-29(58(71)72)23-33(39(27)31)45(56)67/h3-4,7-10,21-24,26,35,41,50H,5-6,11-20,25H2,1-2H3,(H,52,60)(H,53,64)(H,54,61)(H,62,63)(H3,49,51,70)/t35-,41?/m0/s1. The van der Waals surface area contributed by atoms with Gasteiger partial charge in [-0.05, 0) is 54.6 Å². The Morgan fingerprint density at radius 2 is 1.23 bits per heavy atom. The molecule has 0 spiro atoms. The number of carbonyl (C=O) groups is 10. The highest BCUT2D eigenvalue weighted by Gasteiger charge is 2.37. The van der Waals surface area contributed by atoms with E-state index in [-0.39, 0.29) is 91.9 Å². The first-order valence-electron chi connectivity index (χ1n) is 23.4. The minimum atomic E-state index is -1.37. The van der Waals surface area contributed by atoms with E-state index < -0.39 is 119 Å². The van der Waals surface area contributed by atoms with Gasteiger partial charge in [0, 0.05) is 91.9 Å². The molecule has 0 saturated heterocycles. The molecule has 6 rings (SSSR count). The fourth-order valence-corrected chi connectivity index (χ4v) is 8.67. The number of benzene rings is 4. The van der Waals surface area contributed by atoms with Crippen LogP contribution in [0.15, 0.2) is 60.7 Å². The molecule has 8 N–H and O–H groups in total. The molecule has 0 saturated carbocycles. The van der Waals surface area contributed by atoms with Crippen molar-refractivity contribution < 1.29 is 62.9 Å². The Kier molecular flexibility index (Phi) is 17.6. The molecule has 26 heteroatoms. The third-order valence-electron chi connectivity index (χ3n) is 12.3. The Bertz CT molecular complexity index is 2980. The maximum atomic E-state index is 14.8. The first-order valence-corrected chi connectivity index (χ1v) is 23.4. The molecule has 2 aliphatic heterocycles. The molecule has 74 heavy (non-hydrogen) atoms. The van der Waals surface area contributed by atoms with Crippen molar-refractivity contribution in [3.63, 3.8) is 0 Å². The van der Waals surface area contributed by atoms with E-state index in [1.807, 2.05) is 0 Å². The number of aliphatic carboxylic acids is 1. The van der Waals surface area contributed by atoms with Gasteiger partial charge in [-0.3, -0.25) is 73.2 Å². The number of urea groups is 1. The average Bonchev–Trinajstić information content (AvgIpc) is 3.36. The SMILES string of the molecule is CC(C)C(NC(=O)CNC(=O)CCC(=O)O)C(=O)N[C@@H](CCCNC(N)=O)C(=O)N(CCCNCCN1C(=O)c2cccc3cc([N+](=O)[O-])cc(c23)C1=O)CCN1C(=O)c2cccc3cc([N+](=O)[O-])cc(c23)C1=O. The average molecular weight is 1020 g/mol. The maximum Gasteiger partial charge on any atom is 0.312 e. The van der Waals surface area contributed by atoms with E-state index in [1.165, 1.54) is 41.3 Å². The number of rotatable bonds is 26. The number of imide groups is 2. The number of carbonyl (C=O) groups excluding carboxylic acids is 9. The first kappa shape index (κ1) is 54.4. The number of nitro benzene ring substituents is 2. The van der Waals surface area contributed by atoms with Crippen LogP contribution in [-0.4, -0.2) is 153 Å². The Balaban J connectivity index is 1.20. The number of carboxylic acid groups (broad SMARTS) is 1. The second kappa shape index (κ2) is 24.0. The largest absolute Gasteiger partial charge is 0.481 e. The Hall–Kier alpha value is -8.94. The molecule has 390 valence electrons. The smallest absolute Gasteiger partial charge is 0.312 e. The predicted molar refractivity (Wildman–Crippen MR) is 261 cm³/mol. The van der Waals surface area contributed by atoms with Crippen LogP contribution >= 0.6 is 0 Å². The van der Waals surface area contributed by atoms with Gasteiger partial charge in [0.1, 0.15) is 12.1 Å². The molecule has 0 aliphatic carbocycles. The molecule has 10 amide bonds. The number of nitro groups is 2. The van der Waals surface area contributed by atoms with Gasteiger partial charge < -0.3 is 42.3 Å². The summed E-state index contributed by atoms with van der Waals surface area (Å²) in [7, 11) is 0. The first-order chi connectivity index (χ1) is 35.2. The van der Waals surface area contributed by atoms with Gasteiger partial charge in [0.05, 0.1) is 33.9 Å². The zero-order valence-electron chi connectivity index (χ0n) is 40.2. The molecule has 26 nitrogen and oxygen atoms in total. The third-order valence-corrected chi connectivity index (χ3v) is 12.3. The highest BCUT2D eigenvalue weighted by molar-refractivity contribution is 6.27. The second-order valence-corrected chi connectivity index (χ2v) is 17.7. The number of carboxylic acids is 1. The van der Waals surface area contributed by atoms with Crippen LogP contribution in [0.3, 0.4) is 0 Å². The van der Waals surface area contributed by atoms with Crippen molar-refractivity contribution in [1.82, 2.24) is 41.3 Å². The number of hydrogen-bond acceptors (Lipinski definition) is 15. The van der Waals surface area contributed by atoms with E-state index in [0.717, 1.165) is 21.9 Å². The minimum Gasteiger partial charge on any atom is -0.481 e. The number of nitrogens with one attached hydrogen (secondary N) is 5. The van der Waals surface area contributed by atoms with Gasteiger partial charge in [-0.25, -0.2) is 4.79 Å². The number of nitrogens with two attached hydrogens (primary N) is 1. The van der Waals surface area contributed by atoms with E-state index in [4.69, 9.17) is 10.8 Å². The highest BCUT2D eigenvalue weighted by atomic mass is 16.6. The number of primary amides is 1. The van der Waals surface area contributed by atoms with E-state index in [2.05, 4.69) is 26.6 Å². The quantitative estimate of drug-likeness (QED) is 0.0203. The fourth-order valence-electron chi connectivity index (χ4n) is 8.67. The third kappa shape index (κ3) is 12.7. The van der Waals surface area contributed by atoms with Gasteiger partial charge >= 0.3 is 12.0 Å². The summed E-state index contributed by atoms with van der Waals surface area (Å²) in [6.07, 6.45) is -0.746. The normalized spacial score (nSPS) is 13.7. The molecule has 2 atom stereocenters. The molecule has 0 radical (unpaired) electrons. The summed E-state index contributed by atoms with van der Waals surface area (Å²) in [6.45, 7) is 1.76. The van der Waals surface area contributed by atoms with E-state index in [0.29, 0.717) is 16.2 Å². The summed E-state index contributed by atoms with van der Waals surface area (Å²) in [5.41, 5.74) is 4.71. The van der Waals surface area contributed by atoms with Gasteiger partial charge in [0.25, 0.3) is 35.0 Å². The molecule has 2 aliphatic rings. The highest BCUT2D eigenvalue weighted by Crippen LogP contribution is 2.35. The minimum absolute atomic E-state index is 0.00442. The van der Waals surface area contributed by atoms with Crippen LogP contribution in [0, 0.1) is 26.1 Å². The van der Waals surface area contributed by atoms with Gasteiger partial charge in [-0.1, -0.05) is 38.1 Å². The molecular formula is C48H53N11O15. The Morgan fingerprint density at radius 3 is 1.76 bits per heavy atom. The molecule has 1 unspecified atom stereocenters. The van der Waals surface area contributed by atoms with Crippen molar-refractivity contribution in [2.24, 2.45) is 11.7 Å². The van der Waals surface area contributed by atoms with E-state index in [1.54, 1.807) is 26.0 Å². The molecule has 4 aromatic carbocycles. The molecule has 2 heterocycles. The van der Waals surface area contributed by atoms with Crippen LogP contribution in [0.5, 0.6) is 0 Å². The topological polar surface area (TPSA) is 373 Å². The molecule has 0 fully saturated rings. The molecular weight excluding hydrogens is 971 g/mol. The lowest BCUT2D eigenvalue weighted by atomic mass is 9.93. The fraction of sp³-hybridized carbons (Fsp3) is 0.375. The van der Waals surface area contributed by atoms with Crippen LogP contribution in [-0.2, 0) is 24.0 Å². The van der Waals surface area contributed by atoms with Crippen LogP contribution in [0.25, 0.3) is 21.5 Å². The maximum absolute atomic E-state index is 14.8. The van der Waals surface area contributed by atoms with Crippen molar-refractivity contribution in [2.45, 2.75) is 58.0 Å². The number of non-ortho nitro benzene ring substituents is 2. The van der Waals surface area contributed by atoms with Crippen LogP contribution in [0.1, 0.15) is 87.4 Å². The monoisotopic (exact) mass is 1020 g/mol. The summed E-state index contributed by atoms with van der Waals surface area (Å²) in [4.78, 5) is 157. The van der Waals surface area contributed by atoms with Gasteiger partial charge in [-0.15, -0.1) is 0 Å². The summed E-state index contributed by atoms with van der Waals surface area (Å²) in [5.74, 6) is -7.80. The zero-order chi connectivity index (χ0) is 54.0. The number of hydrogen-bond donors (Lipinski definition) is 7. The lowest BCUT2D eigenvalue weighted by Gasteiger charge is -2.33. The van der Waals surface area contributed by atoms with Crippen molar-refractivity contribution >= 4 is 92.2 Å².